The largest absolute Gasteiger partial charge is 1.00 e. The second-order valence-electron chi connectivity index (χ2n) is 5.34. The van der Waals surface area contributed by atoms with Crippen LogP contribution in [0, 0.1) is 34.6 Å². The number of thioether (sulfide) groups is 1. The maximum Gasteiger partial charge on any atom is 0.255 e. The summed E-state index contributed by atoms with van der Waals surface area (Å²) in [7, 11) is 0. The standard InChI is InChI=1S/C17H22N2S.ClH/c1-10-11(2)13(4)15(14(5)12(10)3)9-20-17(18)16-7-6-8-19-16;/h6-8,18-19H,9H2,1-5H3;1H. The lowest BCUT2D eigenvalue weighted by Gasteiger charge is -2.18. The molecule has 1 aromatic heterocycles. The zero-order chi connectivity index (χ0) is 14.9. The first-order valence-corrected chi connectivity index (χ1v) is 7.86. The summed E-state index contributed by atoms with van der Waals surface area (Å²) in [5, 5.41) is 6.99. The van der Waals surface area contributed by atoms with E-state index >= 15 is 0 Å². The molecular formula is C17H23ClN2S. The Kier molecular flexibility index (Phi) is 6.11. The molecule has 2 nitrogen and oxygen atoms in total. The van der Waals surface area contributed by atoms with Crippen molar-refractivity contribution in [2.75, 3.05) is 0 Å². The van der Waals surface area contributed by atoms with Gasteiger partial charge in [-0.1, -0.05) is 11.8 Å². The van der Waals surface area contributed by atoms with Crippen molar-refractivity contribution < 1.29 is 17.8 Å². The van der Waals surface area contributed by atoms with E-state index in [4.69, 9.17) is 5.41 Å². The first-order chi connectivity index (χ1) is 9.43. The van der Waals surface area contributed by atoms with E-state index in [0.717, 1.165) is 16.5 Å². The van der Waals surface area contributed by atoms with Crippen LogP contribution >= 0.6 is 11.8 Å². The van der Waals surface area contributed by atoms with E-state index in [-0.39, 0.29) is 12.4 Å². The normalized spacial score (nSPS) is 10.3. The van der Waals surface area contributed by atoms with Crippen molar-refractivity contribution >= 4 is 16.8 Å². The van der Waals surface area contributed by atoms with Crippen molar-refractivity contribution in [1.82, 2.24) is 4.98 Å². The Hall–Kier alpha value is -1.19. The fourth-order valence-electron chi connectivity index (χ4n) is 2.51. The third kappa shape index (κ3) is 3.53. The summed E-state index contributed by atoms with van der Waals surface area (Å²) in [6.07, 6.45) is 1.90. The van der Waals surface area contributed by atoms with Gasteiger partial charge >= 0.3 is 0 Å². The van der Waals surface area contributed by atoms with Crippen LogP contribution in [0.2, 0.25) is 0 Å². The van der Waals surface area contributed by atoms with Gasteiger partial charge in [0, 0.05) is 11.9 Å². The minimum absolute atomic E-state index is 0. The number of halogens is 1. The van der Waals surface area contributed by atoms with E-state index in [1.54, 1.807) is 11.8 Å². The number of nitrogens with one attached hydrogen (secondary N) is 1. The molecule has 114 valence electrons. The van der Waals surface area contributed by atoms with Crippen LogP contribution in [0.3, 0.4) is 0 Å². The lowest BCUT2D eigenvalue weighted by Crippen LogP contribution is -3.00. The van der Waals surface area contributed by atoms with Crippen LogP contribution in [0.15, 0.2) is 18.3 Å². The van der Waals surface area contributed by atoms with E-state index in [0.29, 0.717) is 0 Å². The van der Waals surface area contributed by atoms with Gasteiger partial charge in [0.05, 0.1) is 0 Å². The Labute approximate surface area is 137 Å². The van der Waals surface area contributed by atoms with E-state index < -0.39 is 0 Å². The first kappa shape index (κ1) is 17.9. The zero-order valence-electron chi connectivity index (χ0n) is 13.3. The van der Waals surface area contributed by atoms with Gasteiger partial charge in [0.1, 0.15) is 5.69 Å². The van der Waals surface area contributed by atoms with E-state index in [1.165, 1.54) is 33.4 Å². The molecule has 4 heteroatoms. The van der Waals surface area contributed by atoms with Crippen LogP contribution in [-0.4, -0.2) is 10.0 Å². The molecule has 0 amide bonds. The summed E-state index contributed by atoms with van der Waals surface area (Å²) < 4.78 is 0. The molecule has 0 radical (unpaired) electrons. The summed E-state index contributed by atoms with van der Waals surface area (Å²) in [6, 6.07) is 3.98. The second kappa shape index (κ2) is 7.19. The summed E-state index contributed by atoms with van der Waals surface area (Å²) in [5.74, 6) is 0.921. The average molecular weight is 323 g/mol. The van der Waals surface area contributed by atoms with E-state index in [2.05, 4.69) is 39.6 Å². The Morgan fingerprint density at radius 2 is 1.52 bits per heavy atom. The zero-order valence-corrected chi connectivity index (χ0v) is 14.9. The number of aromatic nitrogens is 1. The van der Waals surface area contributed by atoms with Crippen molar-refractivity contribution in [2.45, 2.75) is 40.4 Å². The molecule has 0 aliphatic heterocycles. The quantitative estimate of drug-likeness (QED) is 0.606. The highest BCUT2D eigenvalue weighted by Gasteiger charge is 2.15. The Morgan fingerprint density at radius 3 is 2.00 bits per heavy atom. The molecule has 3 N–H and O–H groups in total. The van der Waals surface area contributed by atoms with Gasteiger partial charge in [-0.15, -0.1) is 0 Å². The van der Waals surface area contributed by atoms with Gasteiger partial charge < -0.3 is 17.4 Å². The fraction of sp³-hybridized carbons (Fsp3) is 0.353. The van der Waals surface area contributed by atoms with Gasteiger partial charge in [0.15, 0.2) is 0 Å². The van der Waals surface area contributed by atoms with Gasteiger partial charge in [-0.3, -0.25) is 0 Å². The molecule has 0 saturated carbocycles. The SMILES string of the molecule is Cc1c(C)c(C)c(CSC(=[NH2+])c2ccc[nH]2)c(C)c1C.[Cl-]. The summed E-state index contributed by atoms with van der Waals surface area (Å²) in [4.78, 5) is 3.15. The van der Waals surface area contributed by atoms with Crippen LogP contribution in [0.1, 0.15) is 39.1 Å². The highest BCUT2D eigenvalue weighted by atomic mass is 35.5. The number of benzene rings is 1. The monoisotopic (exact) mass is 322 g/mol. The molecule has 0 aliphatic carbocycles. The lowest BCUT2D eigenvalue weighted by molar-refractivity contribution is -0.107. The van der Waals surface area contributed by atoms with Crippen LogP contribution in [0.5, 0.6) is 0 Å². The van der Waals surface area contributed by atoms with Crippen molar-refractivity contribution in [3.63, 3.8) is 0 Å². The average Bonchev–Trinajstić information content (AvgIpc) is 2.97. The van der Waals surface area contributed by atoms with Crippen LogP contribution < -0.4 is 17.8 Å². The number of H-pyrrole nitrogens is 1. The number of rotatable bonds is 3. The number of hydrogen-bond acceptors (Lipinski definition) is 1. The molecule has 2 aromatic rings. The third-order valence-electron chi connectivity index (χ3n) is 4.39. The molecule has 0 unspecified atom stereocenters. The highest BCUT2D eigenvalue weighted by Crippen LogP contribution is 2.29. The van der Waals surface area contributed by atoms with Gasteiger partial charge in [-0.25, -0.2) is 5.41 Å². The molecule has 1 heterocycles. The van der Waals surface area contributed by atoms with Gasteiger partial charge in [-0.2, -0.15) is 0 Å². The van der Waals surface area contributed by atoms with Gasteiger partial charge in [0.25, 0.3) is 5.04 Å². The third-order valence-corrected chi connectivity index (χ3v) is 5.35. The molecular weight excluding hydrogens is 300 g/mol. The van der Waals surface area contributed by atoms with Crippen LogP contribution in [0.25, 0.3) is 0 Å². The molecule has 0 spiro atoms. The van der Waals surface area contributed by atoms with Crippen LogP contribution in [0.4, 0.5) is 0 Å². The van der Waals surface area contributed by atoms with Crippen molar-refractivity contribution in [3.8, 4) is 0 Å². The van der Waals surface area contributed by atoms with Gasteiger partial charge in [0.2, 0.25) is 0 Å². The maximum atomic E-state index is 6.14. The molecule has 1 aromatic carbocycles. The Balaban J connectivity index is 0.00000220. The molecule has 2 rings (SSSR count). The van der Waals surface area contributed by atoms with E-state index in [9.17, 15) is 0 Å². The number of hydrogen-bond donors (Lipinski definition) is 2. The smallest absolute Gasteiger partial charge is 0.255 e. The van der Waals surface area contributed by atoms with Gasteiger partial charge in [-0.05, 0) is 80.1 Å². The Bertz CT molecular complexity index is 616. The molecule has 0 fully saturated rings. The maximum absolute atomic E-state index is 6.14. The summed E-state index contributed by atoms with van der Waals surface area (Å²) in [5.41, 5.74) is 9.45. The summed E-state index contributed by atoms with van der Waals surface area (Å²) in [6.45, 7) is 11.1. The molecule has 0 atom stereocenters. The van der Waals surface area contributed by atoms with Crippen LogP contribution in [-0.2, 0) is 5.75 Å². The topological polar surface area (TPSA) is 41.4 Å². The van der Waals surface area contributed by atoms with Crippen molar-refractivity contribution in [1.29, 1.82) is 0 Å². The predicted octanol–water partition coefficient (Wildman–Crippen LogP) is -0.0001000. The molecule has 0 bridgehead atoms. The summed E-state index contributed by atoms with van der Waals surface area (Å²) >= 11 is 1.70. The predicted molar refractivity (Wildman–Crippen MR) is 88.2 cm³/mol. The Morgan fingerprint density at radius 1 is 1.00 bits per heavy atom. The fourth-order valence-corrected chi connectivity index (χ4v) is 3.52. The second-order valence-corrected chi connectivity index (χ2v) is 6.36. The van der Waals surface area contributed by atoms with Crippen molar-refractivity contribution in [2.24, 2.45) is 0 Å². The van der Waals surface area contributed by atoms with E-state index in [1.807, 2.05) is 18.3 Å². The molecule has 0 saturated heterocycles. The van der Waals surface area contributed by atoms with Crippen molar-refractivity contribution in [3.05, 3.63) is 57.4 Å². The molecule has 21 heavy (non-hydrogen) atoms. The lowest BCUT2D eigenvalue weighted by atomic mass is 9.90. The number of aromatic amines is 1. The molecule has 0 aliphatic rings. The highest BCUT2D eigenvalue weighted by molar-refractivity contribution is 8.13. The minimum Gasteiger partial charge on any atom is -1.00 e. The number of nitrogens with two attached hydrogens (primary N) is 1. The minimum atomic E-state index is 0. The first-order valence-electron chi connectivity index (χ1n) is 6.88.